The quantitative estimate of drug-likeness (QED) is 0.837. The summed E-state index contributed by atoms with van der Waals surface area (Å²) in [6.45, 7) is 2.16. The van der Waals surface area contributed by atoms with E-state index in [2.05, 4.69) is 18.3 Å². The normalized spacial score (nSPS) is 17.2. The largest absolute Gasteiger partial charge is 0.478 e. The van der Waals surface area contributed by atoms with Crippen molar-refractivity contribution in [2.75, 3.05) is 5.32 Å². The number of carbonyl (C=O) groups excluding carboxylic acids is 1. The Morgan fingerprint density at radius 1 is 1.52 bits per heavy atom. The Kier molecular flexibility index (Phi) is 4.76. The van der Waals surface area contributed by atoms with Crippen molar-refractivity contribution >= 4 is 28.2 Å². The average molecular weight is 304 g/mol. The minimum absolute atomic E-state index is 0.527. The van der Waals surface area contributed by atoms with Crippen LogP contribution >= 0.6 is 11.3 Å². The van der Waals surface area contributed by atoms with Gasteiger partial charge < -0.3 is 10.4 Å². The van der Waals surface area contributed by atoms with Gasteiger partial charge in [0.2, 0.25) is 5.91 Å². The molecule has 110 valence electrons. The Morgan fingerprint density at radius 3 is 2.90 bits per heavy atom. The highest BCUT2D eigenvalue weighted by Gasteiger charge is 2.25. The summed E-state index contributed by atoms with van der Waals surface area (Å²) in [7, 11) is 0. The van der Waals surface area contributed by atoms with Crippen molar-refractivity contribution in [2.24, 2.45) is 5.92 Å². The monoisotopic (exact) mass is 304 g/mol. The number of thiophene rings is 1. The van der Waals surface area contributed by atoms with Gasteiger partial charge in [-0.2, -0.15) is 5.26 Å². The first-order valence-corrected chi connectivity index (χ1v) is 7.63. The fourth-order valence-corrected chi connectivity index (χ4v) is 3.82. The van der Waals surface area contributed by atoms with Crippen LogP contribution in [0.25, 0.3) is 0 Å². The standard InChI is InChI=1S/C15H16N2O3S/c1-2-9-3-4-10-11(8-16)15(21-12(10)7-9)17-13(18)5-6-14(19)20/h5-6,9H,2-4,7H2,1H3,(H,17,18)(H,19,20)/b6-5+. The van der Waals surface area contributed by atoms with Gasteiger partial charge in [-0.3, -0.25) is 4.79 Å². The third-order valence-corrected chi connectivity index (χ3v) is 4.84. The van der Waals surface area contributed by atoms with E-state index in [1.54, 1.807) is 0 Å². The van der Waals surface area contributed by atoms with Crippen LogP contribution in [0.1, 0.15) is 35.8 Å². The van der Waals surface area contributed by atoms with Crippen LogP contribution in [0.15, 0.2) is 12.2 Å². The Balaban J connectivity index is 2.22. The SMILES string of the molecule is CCC1CCc2c(sc(NC(=O)/C=C/C(=O)O)c2C#N)C1. The molecule has 5 nitrogen and oxygen atoms in total. The molecule has 0 saturated carbocycles. The van der Waals surface area contributed by atoms with Crippen molar-refractivity contribution in [1.82, 2.24) is 0 Å². The zero-order valence-corrected chi connectivity index (χ0v) is 12.5. The molecule has 0 aromatic carbocycles. The number of anilines is 1. The number of rotatable bonds is 4. The first-order chi connectivity index (χ1) is 10.0. The molecule has 21 heavy (non-hydrogen) atoms. The van der Waals surface area contributed by atoms with Gasteiger partial charge in [-0.15, -0.1) is 11.3 Å². The van der Waals surface area contributed by atoms with E-state index in [1.807, 2.05) is 0 Å². The summed E-state index contributed by atoms with van der Waals surface area (Å²) in [6.07, 6.45) is 5.74. The van der Waals surface area contributed by atoms with E-state index < -0.39 is 11.9 Å². The Labute approximate surface area is 126 Å². The van der Waals surface area contributed by atoms with Gasteiger partial charge in [0.25, 0.3) is 0 Å². The maximum atomic E-state index is 11.7. The maximum absolute atomic E-state index is 11.7. The lowest BCUT2D eigenvalue weighted by molar-refractivity contribution is -0.131. The molecule has 1 aliphatic rings. The lowest BCUT2D eigenvalue weighted by atomic mass is 9.86. The minimum atomic E-state index is -1.18. The number of carboxylic acid groups (broad SMARTS) is 1. The van der Waals surface area contributed by atoms with E-state index in [1.165, 1.54) is 16.2 Å². The lowest BCUT2D eigenvalue weighted by Gasteiger charge is -2.20. The molecule has 0 spiro atoms. The molecular weight excluding hydrogens is 288 g/mol. The zero-order chi connectivity index (χ0) is 15.4. The molecule has 1 unspecified atom stereocenters. The van der Waals surface area contributed by atoms with Crippen molar-refractivity contribution in [3.8, 4) is 6.07 Å². The fourth-order valence-electron chi connectivity index (χ4n) is 2.51. The van der Waals surface area contributed by atoms with Gasteiger partial charge >= 0.3 is 5.97 Å². The molecular formula is C15H16N2O3S. The Hall–Kier alpha value is -2.13. The minimum Gasteiger partial charge on any atom is -0.478 e. The van der Waals surface area contributed by atoms with Gasteiger partial charge in [0.05, 0.1) is 5.56 Å². The van der Waals surface area contributed by atoms with Crippen molar-refractivity contribution in [3.63, 3.8) is 0 Å². The molecule has 1 aliphatic carbocycles. The number of hydrogen-bond acceptors (Lipinski definition) is 4. The van der Waals surface area contributed by atoms with E-state index in [4.69, 9.17) is 5.11 Å². The molecule has 0 aliphatic heterocycles. The third-order valence-electron chi connectivity index (χ3n) is 3.67. The van der Waals surface area contributed by atoms with Crippen LogP contribution in [0, 0.1) is 17.2 Å². The summed E-state index contributed by atoms with van der Waals surface area (Å²) in [5, 5.41) is 21.0. The fraction of sp³-hybridized carbons (Fsp3) is 0.400. The van der Waals surface area contributed by atoms with Gasteiger partial charge in [-0.1, -0.05) is 13.3 Å². The molecule has 0 bridgehead atoms. The molecule has 0 saturated heterocycles. The van der Waals surface area contributed by atoms with Crippen molar-refractivity contribution in [2.45, 2.75) is 32.6 Å². The number of hydrogen-bond donors (Lipinski definition) is 2. The smallest absolute Gasteiger partial charge is 0.328 e. The van der Waals surface area contributed by atoms with Crippen LogP contribution in [0.2, 0.25) is 0 Å². The van der Waals surface area contributed by atoms with Crippen LogP contribution < -0.4 is 5.32 Å². The van der Waals surface area contributed by atoms with Crippen LogP contribution in [0.4, 0.5) is 5.00 Å². The second kappa shape index (κ2) is 6.55. The summed E-state index contributed by atoms with van der Waals surface area (Å²) >= 11 is 1.43. The van der Waals surface area contributed by atoms with E-state index in [9.17, 15) is 14.9 Å². The number of carbonyl (C=O) groups is 2. The predicted octanol–water partition coefficient (Wildman–Crippen LogP) is 2.71. The van der Waals surface area contributed by atoms with E-state index in [-0.39, 0.29) is 0 Å². The summed E-state index contributed by atoms with van der Waals surface area (Å²) in [6, 6.07) is 2.16. The molecule has 0 radical (unpaired) electrons. The molecule has 1 heterocycles. The van der Waals surface area contributed by atoms with Gasteiger partial charge in [-0.05, 0) is 30.7 Å². The number of carboxylic acids is 1. The number of amides is 1. The number of nitrogens with one attached hydrogen (secondary N) is 1. The highest BCUT2D eigenvalue weighted by Crippen LogP contribution is 2.39. The third kappa shape index (κ3) is 3.50. The molecule has 6 heteroatoms. The average Bonchev–Trinajstić information content (AvgIpc) is 2.80. The zero-order valence-electron chi connectivity index (χ0n) is 11.7. The van der Waals surface area contributed by atoms with Gasteiger partial charge in [0, 0.05) is 17.0 Å². The molecule has 1 atom stereocenters. The molecule has 2 rings (SSSR count). The molecule has 0 fully saturated rings. The number of fused-ring (bicyclic) bond motifs is 1. The molecule has 2 N–H and O–H groups in total. The number of nitrogens with zero attached hydrogens (tertiary/aromatic N) is 1. The molecule has 1 aromatic heterocycles. The number of aliphatic carboxylic acids is 1. The summed E-state index contributed by atoms with van der Waals surface area (Å²) in [5.41, 5.74) is 1.58. The van der Waals surface area contributed by atoms with E-state index in [0.717, 1.165) is 43.4 Å². The Morgan fingerprint density at radius 2 is 2.29 bits per heavy atom. The predicted molar refractivity (Wildman–Crippen MR) is 80.2 cm³/mol. The van der Waals surface area contributed by atoms with Crippen molar-refractivity contribution in [3.05, 3.63) is 28.2 Å². The molecule has 1 aromatic rings. The van der Waals surface area contributed by atoms with Gasteiger partial charge in [0.1, 0.15) is 11.1 Å². The second-order valence-corrected chi connectivity index (χ2v) is 6.10. The van der Waals surface area contributed by atoms with Crippen molar-refractivity contribution in [1.29, 1.82) is 5.26 Å². The summed E-state index contributed by atoms with van der Waals surface area (Å²) in [4.78, 5) is 23.2. The number of nitriles is 1. The first-order valence-electron chi connectivity index (χ1n) is 6.81. The highest BCUT2D eigenvalue weighted by atomic mass is 32.1. The van der Waals surface area contributed by atoms with Crippen LogP contribution in [-0.2, 0) is 22.4 Å². The second-order valence-electron chi connectivity index (χ2n) is 5.00. The van der Waals surface area contributed by atoms with E-state index >= 15 is 0 Å². The van der Waals surface area contributed by atoms with Crippen molar-refractivity contribution < 1.29 is 14.7 Å². The maximum Gasteiger partial charge on any atom is 0.328 e. The molecule has 1 amide bonds. The highest BCUT2D eigenvalue weighted by molar-refractivity contribution is 7.16. The summed E-state index contributed by atoms with van der Waals surface area (Å²) in [5.74, 6) is -1.07. The van der Waals surface area contributed by atoms with Crippen LogP contribution in [0.5, 0.6) is 0 Å². The van der Waals surface area contributed by atoms with Crippen LogP contribution in [0.3, 0.4) is 0 Å². The van der Waals surface area contributed by atoms with Crippen LogP contribution in [-0.4, -0.2) is 17.0 Å². The topological polar surface area (TPSA) is 90.2 Å². The van der Waals surface area contributed by atoms with E-state index in [0.29, 0.717) is 16.5 Å². The lowest BCUT2D eigenvalue weighted by Crippen LogP contribution is -2.12. The summed E-state index contributed by atoms with van der Waals surface area (Å²) < 4.78 is 0. The first kappa shape index (κ1) is 15.3. The van der Waals surface area contributed by atoms with Gasteiger partial charge in [-0.25, -0.2) is 4.79 Å². The van der Waals surface area contributed by atoms with Gasteiger partial charge in [0.15, 0.2) is 0 Å². The Bertz CT molecular complexity index is 640.